The Hall–Kier alpha value is -1.40. The van der Waals surface area contributed by atoms with Crippen molar-refractivity contribution in [1.29, 1.82) is 0 Å². The summed E-state index contributed by atoms with van der Waals surface area (Å²) in [5.74, 6) is 0.323. The van der Waals surface area contributed by atoms with E-state index in [0.717, 1.165) is 0 Å². The lowest BCUT2D eigenvalue weighted by Crippen LogP contribution is -2.13. The second-order valence-corrected chi connectivity index (χ2v) is 4.56. The number of benzene rings is 1. The second kappa shape index (κ2) is 4.00. The zero-order valence-electron chi connectivity index (χ0n) is 8.35. The van der Waals surface area contributed by atoms with Crippen LogP contribution in [0.2, 0.25) is 0 Å². The maximum absolute atomic E-state index is 11.1. The molecule has 0 spiro atoms. The fourth-order valence-electron chi connectivity index (χ4n) is 1.18. The van der Waals surface area contributed by atoms with Gasteiger partial charge < -0.3 is 4.74 Å². The summed E-state index contributed by atoms with van der Waals surface area (Å²) in [4.78, 5) is 10.6. The number of primary sulfonamides is 1. The average molecular weight is 229 g/mol. The Morgan fingerprint density at radius 2 is 2.00 bits per heavy atom. The molecule has 0 heterocycles. The third-order valence-corrected chi connectivity index (χ3v) is 2.94. The SMILES string of the molecule is COc1cc(S(N)(=O)=O)cc(C=O)c1C. The second-order valence-electron chi connectivity index (χ2n) is 3.00. The first-order valence-electron chi connectivity index (χ1n) is 4.06. The molecule has 0 radical (unpaired) electrons. The highest BCUT2D eigenvalue weighted by Gasteiger charge is 2.14. The number of aldehydes is 1. The predicted molar refractivity (Wildman–Crippen MR) is 54.5 cm³/mol. The van der Waals surface area contributed by atoms with Gasteiger partial charge in [-0.15, -0.1) is 0 Å². The van der Waals surface area contributed by atoms with Gasteiger partial charge >= 0.3 is 0 Å². The Kier molecular flexibility index (Phi) is 3.11. The lowest BCUT2D eigenvalue weighted by Gasteiger charge is -2.08. The molecule has 0 atom stereocenters. The highest BCUT2D eigenvalue weighted by atomic mass is 32.2. The normalized spacial score (nSPS) is 11.1. The summed E-state index contributed by atoms with van der Waals surface area (Å²) < 4.78 is 27.1. The molecule has 0 aliphatic rings. The van der Waals surface area contributed by atoms with Crippen molar-refractivity contribution in [2.75, 3.05) is 7.11 Å². The smallest absolute Gasteiger partial charge is 0.238 e. The third kappa shape index (κ3) is 2.34. The van der Waals surface area contributed by atoms with Crippen LogP contribution < -0.4 is 9.88 Å². The van der Waals surface area contributed by atoms with Crippen LogP contribution in [-0.2, 0) is 10.0 Å². The molecule has 0 aromatic heterocycles. The molecule has 2 N–H and O–H groups in total. The Labute approximate surface area is 87.9 Å². The van der Waals surface area contributed by atoms with E-state index in [-0.39, 0.29) is 10.5 Å². The van der Waals surface area contributed by atoms with Gasteiger partial charge in [0.05, 0.1) is 12.0 Å². The van der Waals surface area contributed by atoms with Gasteiger partial charge in [-0.25, -0.2) is 13.6 Å². The molecule has 1 aromatic carbocycles. The number of carbonyl (C=O) groups excluding carboxylic acids is 1. The number of rotatable bonds is 3. The van der Waals surface area contributed by atoms with Crippen LogP contribution in [0.4, 0.5) is 0 Å². The van der Waals surface area contributed by atoms with Gasteiger partial charge in [-0.3, -0.25) is 4.79 Å². The van der Waals surface area contributed by atoms with E-state index in [9.17, 15) is 13.2 Å². The summed E-state index contributed by atoms with van der Waals surface area (Å²) in [6.07, 6.45) is 0.562. The summed E-state index contributed by atoms with van der Waals surface area (Å²) in [5, 5.41) is 4.95. The molecule has 0 bridgehead atoms. The molecule has 6 heteroatoms. The van der Waals surface area contributed by atoms with Gasteiger partial charge in [-0.05, 0) is 13.0 Å². The molecule has 0 fully saturated rings. The van der Waals surface area contributed by atoms with Crippen molar-refractivity contribution in [2.24, 2.45) is 5.14 Å². The molecule has 0 aliphatic heterocycles. The highest BCUT2D eigenvalue weighted by Crippen LogP contribution is 2.24. The fraction of sp³-hybridized carbons (Fsp3) is 0.222. The van der Waals surface area contributed by atoms with E-state index < -0.39 is 10.0 Å². The van der Waals surface area contributed by atoms with Crippen LogP contribution in [0.5, 0.6) is 5.75 Å². The van der Waals surface area contributed by atoms with Crippen molar-refractivity contribution in [3.63, 3.8) is 0 Å². The summed E-state index contributed by atoms with van der Waals surface area (Å²) in [6.45, 7) is 1.66. The van der Waals surface area contributed by atoms with Crippen LogP contribution in [0, 0.1) is 6.92 Å². The Morgan fingerprint density at radius 3 is 2.40 bits per heavy atom. The molecule has 0 aliphatic carbocycles. The minimum Gasteiger partial charge on any atom is -0.496 e. The molecule has 1 aromatic rings. The van der Waals surface area contributed by atoms with Crippen LogP contribution in [0.25, 0.3) is 0 Å². The summed E-state index contributed by atoms with van der Waals surface area (Å²) in [6, 6.07) is 2.51. The topological polar surface area (TPSA) is 86.5 Å². The molecule has 1 rings (SSSR count). The average Bonchev–Trinajstić information content (AvgIpc) is 2.16. The van der Waals surface area contributed by atoms with Crippen molar-refractivity contribution < 1.29 is 17.9 Å². The maximum Gasteiger partial charge on any atom is 0.238 e. The number of hydrogen-bond donors (Lipinski definition) is 1. The van der Waals surface area contributed by atoms with Crippen molar-refractivity contribution in [2.45, 2.75) is 11.8 Å². The number of sulfonamides is 1. The van der Waals surface area contributed by atoms with Crippen molar-refractivity contribution in [1.82, 2.24) is 0 Å². The summed E-state index contributed by atoms with van der Waals surface area (Å²) in [5.41, 5.74) is 0.832. The number of ether oxygens (including phenoxy) is 1. The molecule has 0 saturated carbocycles. The Morgan fingerprint density at radius 1 is 1.40 bits per heavy atom. The van der Waals surface area contributed by atoms with Crippen LogP contribution in [0.3, 0.4) is 0 Å². The van der Waals surface area contributed by atoms with Crippen molar-refractivity contribution >= 4 is 16.3 Å². The van der Waals surface area contributed by atoms with Gasteiger partial charge in [-0.1, -0.05) is 0 Å². The molecular formula is C9H11NO4S. The van der Waals surface area contributed by atoms with Gasteiger partial charge in [0.1, 0.15) is 12.0 Å². The first-order chi connectivity index (χ1) is 6.90. The van der Waals surface area contributed by atoms with E-state index >= 15 is 0 Å². The monoisotopic (exact) mass is 229 g/mol. The van der Waals surface area contributed by atoms with Gasteiger partial charge in [0.15, 0.2) is 0 Å². The maximum atomic E-state index is 11.1. The Balaban J connectivity index is 3.54. The zero-order valence-corrected chi connectivity index (χ0v) is 9.17. The van der Waals surface area contributed by atoms with Gasteiger partial charge in [0.2, 0.25) is 10.0 Å². The van der Waals surface area contributed by atoms with Gasteiger partial charge in [0.25, 0.3) is 0 Å². The highest BCUT2D eigenvalue weighted by molar-refractivity contribution is 7.89. The minimum absolute atomic E-state index is 0.132. The lowest BCUT2D eigenvalue weighted by atomic mass is 10.1. The third-order valence-electron chi connectivity index (χ3n) is 2.05. The van der Waals surface area contributed by atoms with Crippen molar-refractivity contribution in [3.8, 4) is 5.75 Å². The lowest BCUT2D eigenvalue weighted by molar-refractivity contribution is 0.112. The first-order valence-corrected chi connectivity index (χ1v) is 5.61. The molecular weight excluding hydrogens is 218 g/mol. The van der Waals surface area contributed by atoms with Crippen LogP contribution in [-0.4, -0.2) is 21.8 Å². The van der Waals surface area contributed by atoms with E-state index in [2.05, 4.69) is 0 Å². The molecule has 5 nitrogen and oxygen atoms in total. The quantitative estimate of drug-likeness (QED) is 0.763. The minimum atomic E-state index is -3.82. The molecule has 82 valence electrons. The van der Waals surface area contributed by atoms with E-state index in [4.69, 9.17) is 9.88 Å². The molecule has 0 amide bonds. The Bertz CT molecular complexity index is 493. The van der Waals surface area contributed by atoms with Gasteiger partial charge in [-0.2, -0.15) is 0 Å². The first kappa shape index (κ1) is 11.7. The van der Waals surface area contributed by atoms with Crippen molar-refractivity contribution in [3.05, 3.63) is 23.3 Å². The molecule has 0 unspecified atom stereocenters. The van der Waals surface area contributed by atoms with Gasteiger partial charge in [0, 0.05) is 17.2 Å². The van der Waals surface area contributed by atoms with Crippen LogP contribution in [0.15, 0.2) is 17.0 Å². The summed E-state index contributed by atoms with van der Waals surface area (Å²) >= 11 is 0. The number of methoxy groups -OCH3 is 1. The number of carbonyl (C=O) groups is 1. The van der Waals surface area contributed by atoms with Crippen LogP contribution >= 0.6 is 0 Å². The van der Waals surface area contributed by atoms with Crippen LogP contribution in [0.1, 0.15) is 15.9 Å². The predicted octanol–water partition coefficient (Wildman–Crippen LogP) is 0.464. The van der Waals surface area contributed by atoms with E-state index in [1.54, 1.807) is 6.92 Å². The van der Waals surface area contributed by atoms with E-state index in [1.165, 1.54) is 19.2 Å². The zero-order chi connectivity index (χ0) is 11.6. The summed E-state index contributed by atoms with van der Waals surface area (Å²) in [7, 11) is -2.43. The number of hydrogen-bond acceptors (Lipinski definition) is 4. The molecule has 0 saturated heterocycles. The largest absolute Gasteiger partial charge is 0.496 e. The standard InChI is InChI=1S/C9H11NO4S/c1-6-7(5-11)3-8(15(10,12)13)4-9(6)14-2/h3-5H,1-2H3,(H2,10,12,13). The van der Waals surface area contributed by atoms with E-state index in [1.807, 2.05) is 0 Å². The van der Waals surface area contributed by atoms with E-state index in [0.29, 0.717) is 17.6 Å². The fourth-order valence-corrected chi connectivity index (χ4v) is 1.74. The molecule has 15 heavy (non-hydrogen) atoms. The number of nitrogens with two attached hydrogens (primary N) is 1.